The van der Waals surface area contributed by atoms with Gasteiger partial charge in [-0.25, -0.2) is 4.68 Å². The van der Waals surface area contributed by atoms with Crippen molar-refractivity contribution in [3.05, 3.63) is 65.4 Å². The molecule has 2 aliphatic heterocycles. The van der Waals surface area contributed by atoms with Crippen molar-refractivity contribution in [3.8, 4) is 17.2 Å². The number of hydrogen-bond donors (Lipinski definition) is 1. The van der Waals surface area contributed by atoms with E-state index in [-0.39, 0.29) is 18.6 Å². The molecule has 0 saturated carbocycles. The van der Waals surface area contributed by atoms with Gasteiger partial charge in [-0.2, -0.15) is 5.10 Å². The van der Waals surface area contributed by atoms with Gasteiger partial charge in [0.25, 0.3) is 0 Å². The van der Waals surface area contributed by atoms with E-state index in [0.717, 1.165) is 34.1 Å². The SMILES string of the molecule is Cc1ccc(-n2ncc3c2NC(=O)C[C@@H]3c2ccc3c(c2)OCO3)cc1. The first-order valence-electron chi connectivity index (χ1n) is 8.53. The molecule has 6 nitrogen and oxygen atoms in total. The average molecular weight is 347 g/mol. The molecule has 0 saturated heterocycles. The summed E-state index contributed by atoms with van der Waals surface area (Å²) in [5.74, 6) is 2.11. The van der Waals surface area contributed by atoms with Gasteiger partial charge in [0.2, 0.25) is 12.7 Å². The second kappa shape index (κ2) is 5.62. The Morgan fingerprint density at radius 1 is 1.12 bits per heavy atom. The first-order valence-corrected chi connectivity index (χ1v) is 8.53. The third-order valence-electron chi connectivity index (χ3n) is 4.90. The van der Waals surface area contributed by atoms with Crippen molar-refractivity contribution < 1.29 is 14.3 Å². The van der Waals surface area contributed by atoms with Gasteiger partial charge in [0, 0.05) is 17.9 Å². The van der Waals surface area contributed by atoms with E-state index in [4.69, 9.17) is 9.47 Å². The number of aryl methyl sites for hydroxylation is 1. The summed E-state index contributed by atoms with van der Waals surface area (Å²) < 4.78 is 12.7. The Hall–Kier alpha value is -3.28. The van der Waals surface area contributed by atoms with Gasteiger partial charge in [0.05, 0.1) is 11.9 Å². The van der Waals surface area contributed by atoms with Crippen molar-refractivity contribution >= 4 is 11.7 Å². The minimum Gasteiger partial charge on any atom is -0.454 e. The molecule has 3 heterocycles. The van der Waals surface area contributed by atoms with E-state index in [1.165, 1.54) is 5.56 Å². The van der Waals surface area contributed by atoms with Crippen LogP contribution in [0.5, 0.6) is 11.5 Å². The number of amides is 1. The Kier molecular flexibility index (Phi) is 3.25. The highest BCUT2D eigenvalue weighted by molar-refractivity contribution is 5.94. The van der Waals surface area contributed by atoms with Gasteiger partial charge >= 0.3 is 0 Å². The number of carbonyl (C=O) groups excluding carboxylic acids is 1. The number of ether oxygens (including phenoxy) is 2. The molecule has 1 amide bonds. The molecule has 6 heteroatoms. The lowest BCUT2D eigenvalue weighted by atomic mass is 9.87. The summed E-state index contributed by atoms with van der Waals surface area (Å²) in [5, 5.41) is 7.51. The number of carbonyl (C=O) groups is 1. The average Bonchev–Trinajstić information content (AvgIpc) is 3.27. The van der Waals surface area contributed by atoms with Gasteiger partial charge < -0.3 is 14.8 Å². The zero-order valence-electron chi connectivity index (χ0n) is 14.2. The van der Waals surface area contributed by atoms with E-state index >= 15 is 0 Å². The molecule has 0 aliphatic carbocycles. The monoisotopic (exact) mass is 347 g/mol. The van der Waals surface area contributed by atoms with Crippen molar-refractivity contribution in [2.24, 2.45) is 0 Å². The maximum Gasteiger partial charge on any atom is 0.231 e. The van der Waals surface area contributed by atoms with Gasteiger partial charge in [-0.05, 0) is 36.8 Å². The second-order valence-electron chi connectivity index (χ2n) is 6.61. The number of anilines is 1. The minimum absolute atomic E-state index is 0.0194. The van der Waals surface area contributed by atoms with Crippen molar-refractivity contribution in [3.63, 3.8) is 0 Å². The van der Waals surface area contributed by atoms with Crippen LogP contribution < -0.4 is 14.8 Å². The Morgan fingerprint density at radius 3 is 2.77 bits per heavy atom. The second-order valence-corrected chi connectivity index (χ2v) is 6.61. The normalized spacial score (nSPS) is 17.7. The zero-order chi connectivity index (χ0) is 17.7. The predicted octanol–water partition coefficient (Wildman–Crippen LogP) is 3.38. The first-order chi connectivity index (χ1) is 12.7. The minimum atomic E-state index is -0.0625. The van der Waals surface area contributed by atoms with Crippen LogP contribution in [0.4, 0.5) is 5.82 Å². The maximum absolute atomic E-state index is 12.4. The highest BCUT2D eigenvalue weighted by Crippen LogP contribution is 2.41. The molecule has 2 aliphatic rings. The fourth-order valence-corrected chi connectivity index (χ4v) is 3.53. The summed E-state index contributed by atoms with van der Waals surface area (Å²) in [6.45, 7) is 2.28. The summed E-state index contributed by atoms with van der Waals surface area (Å²) >= 11 is 0. The highest BCUT2D eigenvalue weighted by Gasteiger charge is 2.31. The third kappa shape index (κ3) is 2.34. The zero-order valence-corrected chi connectivity index (χ0v) is 14.2. The predicted molar refractivity (Wildman–Crippen MR) is 96.0 cm³/mol. The van der Waals surface area contributed by atoms with Crippen LogP contribution in [-0.4, -0.2) is 22.5 Å². The van der Waals surface area contributed by atoms with Crippen LogP contribution in [0.1, 0.15) is 29.0 Å². The van der Waals surface area contributed by atoms with Crippen molar-refractivity contribution in [2.45, 2.75) is 19.3 Å². The molecule has 0 spiro atoms. The number of aromatic nitrogens is 2. The molecule has 0 radical (unpaired) electrons. The topological polar surface area (TPSA) is 65.4 Å². The van der Waals surface area contributed by atoms with Crippen LogP contribution in [-0.2, 0) is 4.79 Å². The molecule has 0 unspecified atom stereocenters. The van der Waals surface area contributed by atoms with E-state index in [9.17, 15) is 4.79 Å². The standard InChI is InChI=1S/C20H17N3O3/c1-12-2-5-14(6-3-12)23-20-16(10-21-23)15(9-19(24)22-20)13-4-7-17-18(8-13)26-11-25-17/h2-8,10,15H,9,11H2,1H3,(H,22,24)/t15-/m1/s1. The molecular formula is C20H17N3O3. The molecule has 1 aromatic heterocycles. The fourth-order valence-electron chi connectivity index (χ4n) is 3.53. The summed E-state index contributed by atoms with van der Waals surface area (Å²) in [5.41, 5.74) is 4.12. The van der Waals surface area contributed by atoms with E-state index in [2.05, 4.69) is 10.4 Å². The number of nitrogens with zero attached hydrogens (tertiary/aromatic N) is 2. The molecule has 1 atom stereocenters. The Morgan fingerprint density at radius 2 is 1.92 bits per heavy atom. The van der Waals surface area contributed by atoms with Crippen LogP contribution in [0.25, 0.3) is 5.69 Å². The largest absolute Gasteiger partial charge is 0.454 e. The van der Waals surface area contributed by atoms with Gasteiger partial charge in [0.1, 0.15) is 5.82 Å². The number of benzene rings is 2. The lowest BCUT2D eigenvalue weighted by Crippen LogP contribution is -2.24. The van der Waals surface area contributed by atoms with E-state index in [0.29, 0.717) is 6.42 Å². The van der Waals surface area contributed by atoms with E-state index < -0.39 is 0 Å². The Bertz CT molecular complexity index is 1010. The van der Waals surface area contributed by atoms with Crippen molar-refractivity contribution in [2.75, 3.05) is 12.1 Å². The summed E-state index contributed by atoms with van der Waals surface area (Å²) in [6.07, 6.45) is 2.22. The maximum atomic E-state index is 12.4. The smallest absolute Gasteiger partial charge is 0.231 e. The molecule has 2 aromatic carbocycles. The number of rotatable bonds is 2. The highest BCUT2D eigenvalue weighted by atomic mass is 16.7. The molecule has 0 fully saturated rings. The molecule has 130 valence electrons. The summed E-state index contributed by atoms with van der Waals surface area (Å²) in [7, 11) is 0. The first kappa shape index (κ1) is 15.0. The summed E-state index contributed by atoms with van der Waals surface area (Å²) in [6, 6.07) is 13.9. The molecule has 5 rings (SSSR count). The van der Waals surface area contributed by atoms with Crippen LogP contribution in [0, 0.1) is 6.92 Å². The fraction of sp³-hybridized carbons (Fsp3) is 0.200. The number of fused-ring (bicyclic) bond motifs is 2. The molecule has 3 aromatic rings. The van der Waals surface area contributed by atoms with Crippen LogP contribution in [0.3, 0.4) is 0 Å². The quantitative estimate of drug-likeness (QED) is 0.772. The van der Waals surface area contributed by atoms with Gasteiger partial charge in [-0.3, -0.25) is 4.79 Å². The van der Waals surface area contributed by atoms with Crippen LogP contribution in [0.2, 0.25) is 0 Å². The van der Waals surface area contributed by atoms with Gasteiger partial charge in [0.15, 0.2) is 11.5 Å². The van der Waals surface area contributed by atoms with Gasteiger partial charge in [-0.1, -0.05) is 23.8 Å². The lowest BCUT2D eigenvalue weighted by Gasteiger charge is -2.24. The molecule has 1 N–H and O–H groups in total. The van der Waals surface area contributed by atoms with Crippen molar-refractivity contribution in [1.82, 2.24) is 9.78 Å². The molecule has 0 bridgehead atoms. The summed E-state index contributed by atoms with van der Waals surface area (Å²) in [4.78, 5) is 12.4. The Balaban J connectivity index is 1.59. The van der Waals surface area contributed by atoms with Gasteiger partial charge in [-0.15, -0.1) is 0 Å². The number of nitrogens with one attached hydrogen (secondary N) is 1. The molecule has 26 heavy (non-hydrogen) atoms. The van der Waals surface area contributed by atoms with Crippen molar-refractivity contribution in [1.29, 1.82) is 0 Å². The van der Waals surface area contributed by atoms with E-state index in [1.807, 2.05) is 55.6 Å². The van der Waals surface area contributed by atoms with Crippen LogP contribution >= 0.6 is 0 Å². The van der Waals surface area contributed by atoms with E-state index in [1.54, 1.807) is 4.68 Å². The third-order valence-corrected chi connectivity index (χ3v) is 4.90. The Labute approximate surface area is 150 Å². The lowest BCUT2D eigenvalue weighted by molar-refractivity contribution is -0.116. The van der Waals surface area contributed by atoms with Crippen LogP contribution in [0.15, 0.2) is 48.7 Å². The number of hydrogen-bond acceptors (Lipinski definition) is 4. The molecular weight excluding hydrogens is 330 g/mol.